The molecule has 0 bridgehead atoms. The minimum atomic E-state index is -1.74. The normalized spacial score (nSPS) is 47.0. The van der Waals surface area contributed by atoms with Gasteiger partial charge in [-0.25, -0.2) is 0 Å². The molecule has 15 N–H and O–H groups in total. The third-order valence-corrected chi connectivity index (χ3v) is 7.63. The van der Waals surface area contributed by atoms with Gasteiger partial charge >= 0.3 is 0 Å². The summed E-state index contributed by atoms with van der Waals surface area (Å²) in [5.41, 5.74) is 17.7. The van der Waals surface area contributed by atoms with Crippen molar-refractivity contribution in [3.8, 4) is 0 Å². The van der Waals surface area contributed by atoms with E-state index in [1.54, 1.807) is 6.92 Å². The van der Waals surface area contributed by atoms with E-state index in [9.17, 15) is 45.6 Å². The van der Waals surface area contributed by atoms with Crippen LogP contribution in [0.3, 0.4) is 0 Å². The molecule has 17 nitrogen and oxygen atoms in total. The van der Waals surface area contributed by atoms with Crippen molar-refractivity contribution in [3.63, 3.8) is 0 Å². The van der Waals surface area contributed by atoms with Crippen LogP contribution in [0.5, 0.6) is 0 Å². The first-order chi connectivity index (χ1) is 18.9. The maximum atomic E-state index is 12.6. The fourth-order valence-electron chi connectivity index (χ4n) is 5.18. The van der Waals surface area contributed by atoms with Crippen LogP contribution in [0.4, 0.5) is 0 Å². The molecule has 3 rings (SSSR count). The van der Waals surface area contributed by atoms with Crippen molar-refractivity contribution in [3.05, 3.63) is 0 Å². The van der Waals surface area contributed by atoms with E-state index < -0.39 is 110 Å². The van der Waals surface area contributed by atoms with E-state index in [-0.39, 0.29) is 19.4 Å². The van der Waals surface area contributed by atoms with Gasteiger partial charge in [-0.3, -0.25) is 4.79 Å². The summed E-state index contributed by atoms with van der Waals surface area (Å²) >= 11 is 0. The zero-order valence-corrected chi connectivity index (χ0v) is 22.1. The van der Waals surface area contributed by atoms with E-state index >= 15 is 0 Å². The monoisotopic (exact) mass is 584 g/mol. The number of rotatable bonds is 10. The van der Waals surface area contributed by atoms with Gasteiger partial charge < -0.3 is 82.3 Å². The number of amides is 1. The van der Waals surface area contributed by atoms with Crippen molar-refractivity contribution in [2.45, 2.75) is 124 Å². The van der Waals surface area contributed by atoms with Crippen molar-refractivity contribution in [2.24, 2.45) is 17.2 Å². The van der Waals surface area contributed by atoms with E-state index in [0.29, 0.717) is 6.42 Å². The molecule has 234 valence electrons. The predicted octanol–water partition coefficient (Wildman–Crippen LogP) is -6.97. The van der Waals surface area contributed by atoms with Crippen LogP contribution >= 0.6 is 0 Å². The molecule has 0 aromatic rings. The number of ether oxygens (including phenoxy) is 4. The lowest BCUT2D eigenvalue weighted by atomic mass is 9.83. The third-order valence-electron chi connectivity index (χ3n) is 7.63. The van der Waals surface area contributed by atoms with Gasteiger partial charge in [0.15, 0.2) is 12.6 Å². The maximum absolute atomic E-state index is 12.6. The van der Waals surface area contributed by atoms with Crippen LogP contribution in [0.25, 0.3) is 0 Å². The average molecular weight is 585 g/mol. The maximum Gasteiger partial charge on any atom is 0.249 e. The minimum Gasteiger partial charge on any atom is -0.394 e. The highest BCUT2D eigenvalue weighted by Gasteiger charge is 2.52. The largest absolute Gasteiger partial charge is 0.394 e. The quantitative estimate of drug-likeness (QED) is 0.113. The number of carbonyl (C=O) groups is 1. The molecule has 2 heterocycles. The Morgan fingerprint density at radius 1 is 0.900 bits per heavy atom. The number of hydrogen-bond acceptors (Lipinski definition) is 16. The van der Waals surface area contributed by atoms with Crippen LogP contribution in [0.1, 0.15) is 26.2 Å². The van der Waals surface area contributed by atoms with Gasteiger partial charge in [0.05, 0.1) is 18.7 Å². The first-order valence-electron chi connectivity index (χ1n) is 13.4. The summed E-state index contributed by atoms with van der Waals surface area (Å²) in [5, 5.41) is 85.1. The molecule has 0 radical (unpaired) electrons. The minimum absolute atomic E-state index is 0.105. The average Bonchev–Trinajstić information content (AvgIpc) is 2.92. The molecule has 0 aromatic carbocycles. The van der Waals surface area contributed by atoms with Crippen LogP contribution in [0.15, 0.2) is 0 Å². The molecule has 2 aliphatic heterocycles. The molecule has 40 heavy (non-hydrogen) atoms. The molecule has 1 aliphatic carbocycles. The van der Waals surface area contributed by atoms with Crippen LogP contribution in [0, 0.1) is 0 Å². The molecule has 0 unspecified atom stereocenters. The van der Waals surface area contributed by atoms with E-state index in [4.69, 9.17) is 36.1 Å². The molecule has 3 fully saturated rings. The summed E-state index contributed by atoms with van der Waals surface area (Å²) in [4.78, 5) is 12.6. The number of carbonyl (C=O) groups excluding carboxylic acids is 1. The highest BCUT2D eigenvalue weighted by Crippen LogP contribution is 2.32. The number of nitrogens with two attached hydrogens (primary N) is 3. The van der Waals surface area contributed by atoms with Gasteiger partial charge in [-0.1, -0.05) is 13.3 Å². The summed E-state index contributed by atoms with van der Waals surface area (Å²) in [6.07, 6.45) is -18.7. The van der Waals surface area contributed by atoms with Gasteiger partial charge in [-0.2, -0.15) is 0 Å². The molecule has 3 aliphatic rings. The van der Waals surface area contributed by atoms with Crippen molar-refractivity contribution >= 4 is 5.91 Å². The number of hydrogen-bond donors (Lipinski definition) is 12. The molecular weight excluding hydrogens is 540 g/mol. The fraction of sp³-hybridized carbons (Fsp3) is 0.957. The fourth-order valence-corrected chi connectivity index (χ4v) is 5.18. The standard InChI is InChI=1S/C23H44N4O13/c1-2-3-9(29)21(36)27-8-4-7(25)19(39-23-17(34)16(33)14(31)10(5-24)37-23)18(35)20(8)40-22-15(32)12(26)13(30)11(6-28)38-22/h7-20,22-23,28-35H,2-6,24-26H2,1H3,(H,27,36)/t7-,8+,9-,10+,11+,12-,13+,14+,15+,16-,17+,18-,19+,20-,22+,23+/m0/s1. The first-order valence-corrected chi connectivity index (χ1v) is 13.4. The van der Waals surface area contributed by atoms with E-state index in [2.05, 4.69) is 5.32 Å². The highest BCUT2D eigenvalue weighted by atomic mass is 16.7. The van der Waals surface area contributed by atoms with Crippen LogP contribution < -0.4 is 22.5 Å². The Kier molecular flexibility index (Phi) is 12.0. The lowest BCUT2D eigenvalue weighted by molar-refractivity contribution is -0.332. The van der Waals surface area contributed by atoms with E-state index in [1.807, 2.05) is 0 Å². The van der Waals surface area contributed by atoms with E-state index in [0.717, 1.165) is 0 Å². The summed E-state index contributed by atoms with van der Waals surface area (Å²) in [6, 6.07) is -3.37. The summed E-state index contributed by atoms with van der Waals surface area (Å²) in [7, 11) is 0. The van der Waals surface area contributed by atoms with Crippen molar-refractivity contribution in [2.75, 3.05) is 13.2 Å². The molecule has 17 heteroatoms. The summed E-state index contributed by atoms with van der Waals surface area (Å²) in [5.74, 6) is -0.765. The van der Waals surface area contributed by atoms with Crippen molar-refractivity contribution in [1.82, 2.24) is 5.32 Å². The van der Waals surface area contributed by atoms with Gasteiger partial charge in [0.1, 0.15) is 67.1 Å². The highest BCUT2D eigenvalue weighted by molar-refractivity contribution is 5.80. The topological polar surface area (TPSA) is 306 Å². The Morgan fingerprint density at radius 3 is 2.10 bits per heavy atom. The molecule has 1 saturated carbocycles. The Labute approximate surface area is 230 Å². The molecule has 1 amide bonds. The molecule has 16 atom stereocenters. The zero-order chi connectivity index (χ0) is 29.9. The molecule has 2 saturated heterocycles. The zero-order valence-electron chi connectivity index (χ0n) is 22.1. The van der Waals surface area contributed by atoms with Gasteiger partial charge in [0.25, 0.3) is 0 Å². The van der Waals surface area contributed by atoms with Gasteiger partial charge in [0.2, 0.25) is 5.91 Å². The Morgan fingerprint density at radius 2 is 1.50 bits per heavy atom. The summed E-state index contributed by atoms with van der Waals surface area (Å²) < 4.78 is 22.6. The third kappa shape index (κ3) is 7.08. The van der Waals surface area contributed by atoms with Gasteiger partial charge in [-0.15, -0.1) is 0 Å². The second kappa shape index (κ2) is 14.4. The molecule has 0 spiro atoms. The smallest absolute Gasteiger partial charge is 0.249 e. The van der Waals surface area contributed by atoms with Crippen LogP contribution in [0.2, 0.25) is 0 Å². The SMILES string of the molecule is CCC[C@H](O)C(=O)N[C@@H]1C[C@H](N)[C@@H](O[C@H]2O[C@H](CN)[C@@H](O)[C@H](O)[C@H]2O)[C@H](O)[C@H]1O[C@H]1O[C@H](CO)[C@@H](O)[C@H](N)[C@H]1O. The molecular formula is C23H44N4O13. The molecule has 0 aromatic heterocycles. The Balaban J connectivity index is 1.85. The Hall–Kier alpha value is -1.13. The number of aliphatic hydroxyl groups excluding tert-OH is 8. The summed E-state index contributed by atoms with van der Waals surface area (Å²) in [6.45, 7) is 0.885. The predicted molar refractivity (Wildman–Crippen MR) is 133 cm³/mol. The van der Waals surface area contributed by atoms with Crippen LogP contribution in [-0.4, -0.2) is 158 Å². The number of nitrogens with one attached hydrogen (secondary N) is 1. The van der Waals surface area contributed by atoms with Crippen molar-refractivity contribution in [1.29, 1.82) is 0 Å². The first kappa shape index (κ1) is 33.4. The lowest BCUT2D eigenvalue weighted by Crippen LogP contribution is -2.69. The lowest BCUT2D eigenvalue weighted by Gasteiger charge is -2.49. The van der Waals surface area contributed by atoms with Gasteiger partial charge in [0, 0.05) is 12.6 Å². The van der Waals surface area contributed by atoms with Crippen molar-refractivity contribution < 1.29 is 64.6 Å². The van der Waals surface area contributed by atoms with Crippen LogP contribution in [-0.2, 0) is 23.7 Å². The number of aliphatic hydroxyl groups is 8. The Bertz CT molecular complexity index is 813. The second-order valence-corrected chi connectivity index (χ2v) is 10.5. The second-order valence-electron chi connectivity index (χ2n) is 10.5. The van der Waals surface area contributed by atoms with E-state index in [1.165, 1.54) is 0 Å². The van der Waals surface area contributed by atoms with Gasteiger partial charge in [-0.05, 0) is 12.8 Å².